The third kappa shape index (κ3) is 6.06. The summed E-state index contributed by atoms with van der Waals surface area (Å²) in [6.45, 7) is 0.466. The second-order valence-electron chi connectivity index (χ2n) is 7.11. The van der Waals surface area contributed by atoms with E-state index in [0.29, 0.717) is 44.0 Å². The van der Waals surface area contributed by atoms with Gasteiger partial charge in [0.15, 0.2) is 0 Å². The molecule has 0 spiro atoms. The number of alkyl halides is 1. The molecule has 0 bridgehead atoms. The number of hydrogen-bond donors (Lipinski definition) is 4. The molecule has 2 amide bonds. The van der Waals surface area contributed by atoms with Crippen LogP contribution >= 0.6 is 15.9 Å². The molecule has 0 saturated heterocycles. The summed E-state index contributed by atoms with van der Waals surface area (Å²) in [5, 5.41) is 25.4. The molecule has 4 N–H and O–H groups in total. The third-order valence-corrected chi connectivity index (χ3v) is 5.75. The Balaban J connectivity index is 1.97. The molecule has 1 fully saturated rings. The Morgan fingerprint density at radius 1 is 1.15 bits per heavy atom. The highest BCUT2D eigenvalue weighted by molar-refractivity contribution is 9.09. The van der Waals surface area contributed by atoms with Gasteiger partial charge in [-0.2, -0.15) is 0 Å². The molecule has 27 heavy (non-hydrogen) atoms. The lowest BCUT2D eigenvalue weighted by Crippen LogP contribution is -2.56. The Hall–Kier alpha value is -1.38. The predicted octanol–water partition coefficient (Wildman–Crippen LogP) is 1.58. The van der Waals surface area contributed by atoms with E-state index in [-0.39, 0.29) is 5.91 Å². The predicted molar refractivity (Wildman–Crippen MR) is 109 cm³/mol. The van der Waals surface area contributed by atoms with Crippen molar-refractivity contribution >= 4 is 34.9 Å². The number of halogens is 1. The Kier molecular flexibility index (Phi) is 8.79. The van der Waals surface area contributed by atoms with Crippen LogP contribution in [0, 0.1) is 5.41 Å². The fourth-order valence-corrected chi connectivity index (χ4v) is 3.89. The molecule has 8 heteroatoms. The minimum absolute atomic E-state index is 0.264. The lowest BCUT2D eigenvalue weighted by Gasteiger charge is -2.29. The van der Waals surface area contributed by atoms with Crippen molar-refractivity contribution in [2.45, 2.75) is 50.9 Å². The second-order valence-corrected chi connectivity index (χ2v) is 7.90. The number of rotatable bonds is 10. The Labute approximate surface area is 169 Å². The average molecular weight is 439 g/mol. The van der Waals surface area contributed by atoms with E-state index in [4.69, 9.17) is 0 Å². The third-order valence-electron chi connectivity index (χ3n) is 5.19. The highest BCUT2D eigenvalue weighted by Crippen LogP contribution is 2.38. The van der Waals surface area contributed by atoms with Crippen LogP contribution in [0.3, 0.4) is 0 Å². The van der Waals surface area contributed by atoms with Gasteiger partial charge in [-0.15, -0.1) is 0 Å². The minimum Gasteiger partial charge on any atom is -0.426 e. The van der Waals surface area contributed by atoms with E-state index in [0.717, 1.165) is 18.4 Å². The molecule has 0 aliphatic heterocycles. The largest absolute Gasteiger partial charge is 0.475 e. The van der Waals surface area contributed by atoms with Crippen molar-refractivity contribution < 1.29 is 19.6 Å². The van der Waals surface area contributed by atoms with Gasteiger partial charge in [0.05, 0.1) is 5.94 Å². The van der Waals surface area contributed by atoms with Crippen molar-refractivity contribution in [3.05, 3.63) is 35.9 Å². The van der Waals surface area contributed by atoms with Gasteiger partial charge < -0.3 is 20.7 Å². The lowest BCUT2D eigenvalue weighted by molar-refractivity contribution is -0.143. The van der Waals surface area contributed by atoms with Gasteiger partial charge in [-0.1, -0.05) is 59.1 Å². The Morgan fingerprint density at radius 2 is 1.81 bits per heavy atom. The standard InChI is InChI=1S/C19H28BBrN2O4/c21-13-6-9-16(20(26)27)23-18(25)19(11-4-5-12-19)17(24)22-14-10-15-7-2-1-3-8-15/h1-3,7-8,16,26-27H,4-6,9-14H2,(H,22,24)(H,23,25). The lowest BCUT2D eigenvalue weighted by atomic mass is 9.75. The molecule has 6 nitrogen and oxygen atoms in total. The first-order valence-electron chi connectivity index (χ1n) is 9.55. The maximum absolute atomic E-state index is 12.9. The Bertz CT molecular complexity index is 609. The molecule has 0 radical (unpaired) electrons. The topological polar surface area (TPSA) is 98.7 Å². The first-order valence-corrected chi connectivity index (χ1v) is 10.7. The van der Waals surface area contributed by atoms with Crippen molar-refractivity contribution in [2.24, 2.45) is 5.41 Å². The summed E-state index contributed by atoms with van der Waals surface area (Å²) in [5.74, 6) is -1.44. The van der Waals surface area contributed by atoms with Gasteiger partial charge in [-0.3, -0.25) is 9.59 Å². The van der Waals surface area contributed by atoms with Crippen molar-refractivity contribution in [1.29, 1.82) is 0 Å². The van der Waals surface area contributed by atoms with Gasteiger partial charge in [-0.25, -0.2) is 0 Å². The number of amides is 2. The molecule has 1 saturated carbocycles. The van der Waals surface area contributed by atoms with Crippen molar-refractivity contribution in [2.75, 3.05) is 11.9 Å². The zero-order valence-corrected chi connectivity index (χ0v) is 17.1. The maximum Gasteiger partial charge on any atom is 0.475 e. The molecule has 0 aromatic heterocycles. The zero-order chi connectivity index (χ0) is 19.7. The Morgan fingerprint density at radius 3 is 2.41 bits per heavy atom. The van der Waals surface area contributed by atoms with Crippen LogP contribution in [-0.2, 0) is 16.0 Å². The molecule has 1 aromatic rings. The highest BCUT2D eigenvalue weighted by Gasteiger charge is 2.48. The summed E-state index contributed by atoms with van der Waals surface area (Å²) >= 11 is 3.30. The van der Waals surface area contributed by atoms with E-state index >= 15 is 0 Å². The monoisotopic (exact) mass is 438 g/mol. The molecule has 1 aromatic carbocycles. The zero-order valence-electron chi connectivity index (χ0n) is 15.5. The smallest absolute Gasteiger partial charge is 0.426 e. The first-order chi connectivity index (χ1) is 13.0. The van der Waals surface area contributed by atoms with Crippen LogP contribution in [0.5, 0.6) is 0 Å². The van der Waals surface area contributed by atoms with Crippen LogP contribution in [0.25, 0.3) is 0 Å². The van der Waals surface area contributed by atoms with E-state index in [1.807, 2.05) is 30.3 Å². The molecule has 1 aliphatic rings. The summed E-state index contributed by atoms with van der Waals surface area (Å²) in [4.78, 5) is 25.8. The van der Waals surface area contributed by atoms with Crippen LogP contribution in [-0.4, -0.2) is 46.8 Å². The summed E-state index contributed by atoms with van der Waals surface area (Å²) in [6, 6.07) is 9.86. The molecule has 2 rings (SSSR count). The van der Waals surface area contributed by atoms with Crippen LogP contribution in [0.15, 0.2) is 30.3 Å². The molecule has 1 aliphatic carbocycles. The van der Waals surface area contributed by atoms with Gasteiger partial charge >= 0.3 is 7.12 Å². The van der Waals surface area contributed by atoms with Gasteiger partial charge in [0.2, 0.25) is 11.8 Å². The number of benzene rings is 1. The fourth-order valence-electron chi connectivity index (χ4n) is 3.57. The van der Waals surface area contributed by atoms with E-state index in [1.54, 1.807) is 0 Å². The quantitative estimate of drug-likeness (QED) is 0.253. The summed E-state index contributed by atoms with van der Waals surface area (Å²) in [5.41, 5.74) is 0.0130. The molecular weight excluding hydrogens is 411 g/mol. The highest BCUT2D eigenvalue weighted by atomic mass is 79.9. The molecule has 148 valence electrons. The normalized spacial score (nSPS) is 16.6. The van der Waals surface area contributed by atoms with Crippen LogP contribution < -0.4 is 10.6 Å². The summed E-state index contributed by atoms with van der Waals surface area (Å²) in [7, 11) is -1.65. The van der Waals surface area contributed by atoms with Crippen molar-refractivity contribution in [3.8, 4) is 0 Å². The van der Waals surface area contributed by atoms with Crippen molar-refractivity contribution in [3.63, 3.8) is 0 Å². The minimum atomic E-state index is -1.65. The molecule has 1 unspecified atom stereocenters. The van der Waals surface area contributed by atoms with Gasteiger partial charge in [-0.05, 0) is 37.7 Å². The number of carbonyl (C=O) groups is 2. The average Bonchev–Trinajstić information content (AvgIpc) is 3.17. The van der Waals surface area contributed by atoms with E-state index in [9.17, 15) is 19.6 Å². The van der Waals surface area contributed by atoms with Gasteiger partial charge in [0, 0.05) is 11.9 Å². The van der Waals surface area contributed by atoms with E-state index < -0.39 is 24.4 Å². The van der Waals surface area contributed by atoms with Crippen LogP contribution in [0.2, 0.25) is 0 Å². The maximum atomic E-state index is 12.9. The van der Waals surface area contributed by atoms with E-state index in [2.05, 4.69) is 26.6 Å². The fraction of sp³-hybridized carbons (Fsp3) is 0.579. The van der Waals surface area contributed by atoms with Gasteiger partial charge in [0.25, 0.3) is 0 Å². The summed E-state index contributed by atoms with van der Waals surface area (Å²) in [6.07, 6.45) is 4.43. The summed E-state index contributed by atoms with van der Waals surface area (Å²) < 4.78 is 0. The SMILES string of the molecule is O=C(NCCc1ccccc1)C1(C(=O)NC(CCCBr)B(O)O)CCCC1. The van der Waals surface area contributed by atoms with Crippen LogP contribution in [0.1, 0.15) is 44.1 Å². The number of nitrogens with one attached hydrogen (secondary N) is 2. The molecule has 0 heterocycles. The number of carbonyl (C=O) groups excluding carboxylic acids is 2. The van der Waals surface area contributed by atoms with E-state index in [1.165, 1.54) is 0 Å². The van der Waals surface area contributed by atoms with Crippen molar-refractivity contribution in [1.82, 2.24) is 10.6 Å². The van der Waals surface area contributed by atoms with Crippen LogP contribution in [0.4, 0.5) is 0 Å². The first kappa shape index (κ1) is 21.9. The number of hydrogen-bond acceptors (Lipinski definition) is 4. The molecular formula is C19H28BBrN2O4. The van der Waals surface area contributed by atoms with Gasteiger partial charge in [0.1, 0.15) is 5.41 Å². The second kappa shape index (κ2) is 10.8. The molecule has 1 atom stereocenters.